The molecule has 0 saturated carbocycles. The molecule has 2 rings (SSSR count). The van der Waals surface area contributed by atoms with Crippen LogP contribution in [0.3, 0.4) is 0 Å². The van der Waals surface area contributed by atoms with Gasteiger partial charge in [-0.05, 0) is 36.2 Å². The van der Waals surface area contributed by atoms with Crippen LogP contribution in [0, 0.1) is 0 Å². The van der Waals surface area contributed by atoms with E-state index in [0.717, 1.165) is 25.1 Å². The second-order valence-electron chi connectivity index (χ2n) is 3.99. The number of carboxylic acids is 1. The molecule has 0 unspecified atom stereocenters. The number of benzene rings is 1. The minimum absolute atomic E-state index is 0.347. The number of carbonyl (C=O) groups is 2. The molecule has 17 heavy (non-hydrogen) atoms. The number of aliphatic carboxylic acids is 1. The van der Waals surface area contributed by atoms with E-state index in [1.807, 2.05) is 12.1 Å². The van der Waals surface area contributed by atoms with Gasteiger partial charge in [0, 0.05) is 12.1 Å². The highest BCUT2D eigenvalue weighted by Gasteiger charge is 2.12. The zero-order valence-electron chi connectivity index (χ0n) is 9.32. The monoisotopic (exact) mass is 234 g/mol. The SMILES string of the molecule is O=C(O)CNC(=O)c1ccc2c(c1)CNCC2. The fraction of sp³-hybridized carbons (Fsp3) is 0.333. The second-order valence-corrected chi connectivity index (χ2v) is 3.99. The number of nitrogens with one attached hydrogen (secondary N) is 2. The van der Waals surface area contributed by atoms with Crippen LogP contribution in [-0.2, 0) is 17.8 Å². The number of carboxylic acid groups (broad SMARTS) is 1. The number of rotatable bonds is 3. The minimum atomic E-state index is -1.04. The predicted molar refractivity (Wildman–Crippen MR) is 61.8 cm³/mol. The highest BCUT2D eigenvalue weighted by molar-refractivity contribution is 5.96. The van der Waals surface area contributed by atoms with Crippen molar-refractivity contribution in [3.8, 4) is 0 Å². The fourth-order valence-electron chi connectivity index (χ4n) is 1.88. The van der Waals surface area contributed by atoms with Gasteiger partial charge in [-0.1, -0.05) is 6.07 Å². The number of hydrogen-bond donors (Lipinski definition) is 3. The summed E-state index contributed by atoms with van der Waals surface area (Å²) in [7, 11) is 0. The third-order valence-corrected chi connectivity index (χ3v) is 2.76. The Morgan fingerprint density at radius 3 is 2.94 bits per heavy atom. The molecule has 1 aromatic rings. The number of carbonyl (C=O) groups excluding carboxylic acids is 1. The van der Waals surface area contributed by atoms with Crippen molar-refractivity contribution in [1.29, 1.82) is 0 Å². The van der Waals surface area contributed by atoms with Crippen LogP contribution in [0.5, 0.6) is 0 Å². The molecule has 1 aliphatic rings. The molecule has 5 nitrogen and oxygen atoms in total. The first-order valence-corrected chi connectivity index (χ1v) is 5.49. The topological polar surface area (TPSA) is 78.4 Å². The van der Waals surface area contributed by atoms with Crippen LogP contribution in [0.15, 0.2) is 18.2 Å². The molecule has 0 fully saturated rings. The van der Waals surface area contributed by atoms with Gasteiger partial charge in [0.25, 0.3) is 5.91 Å². The molecule has 0 aliphatic carbocycles. The first-order chi connectivity index (χ1) is 8.16. The van der Waals surface area contributed by atoms with Crippen LogP contribution in [-0.4, -0.2) is 30.1 Å². The van der Waals surface area contributed by atoms with Gasteiger partial charge in [-0.2, -0.15) is 0 Å². The Morgan fingerprint density at radius 1 is 1.35 bits per heavy atom. The molecule has 0 radical (unpaired) electrons. The normalized spacial score (nSPS) is 13.9. The third kappa shape index (κ3) is 2.82. The van der Waals surface area contributed by atoms with E-state index in [-0.39, 0.29) is 12.5 Å². The molecule has 1 heterocycles. The maximum atomic E-state index is 11.6. The van der Waals surface area contributed by atoms with Crippen LogP contribution in [0.1, 0.15) is 21.5 Å². The van der Waals surface area contributed by atoms with Crippen molar-refractivity contribution in [3.05, 3.63) is 34.9 Å². The molecule has 1 aromatic carbocycles. The van der Waals surface area contributed by atoms with Crippen molar-refractivity contribution in [3.63, 3.8) is 0 Å². The van der Waals surface area contributed by atoms with E-state index in [9.17, 15) is 9.59 Å². The summed E-state index contributed by atoms with van der Waals surface area (Å²) in [5, 5.41) is 14.1. The van der Waals surface area contributed by atoms with E-state index in [1.54, 1.807) is 6.07 Å². The summed E-state index contributed by atoms with van der Waals surface area (Å²) in [5.41, 5.74) is 2.87. The summed E-state index contributed by atoms with van der Waals surface area (Å²) in [6, 6.07) is 5.49. The molecule has 1 aliphatic heterocycles. The van der Waals surface area contributed by atoms with E-state index >= 15 is 0 Å². The van der Waals surface area contributed by atoms with Gasteiger partial charge in [-0.15, -0.1) is 0 Å². The lowest BCUT2D eigenvalue weighted by Crippen LogP contribution is -2.30. The highest BCUT2D eigenvalue weighted by atomic mass is 16.4. The average Bonchev–Trinajstić information content (AvgIpc) is 2.35. The van der Waals surface area contributed by atoms with Crippen LogP contribution in [0.25, 0.3) is 0 Å². The standard InChI is InChI=1S/C12H14N2O3/c15-11(16)7-14-12(17)9-2-1-8-3-4-13-6-10(8)5-9/h1-2,5,13H,3-4,6-7H2,(H,14,17)(H,15,16). The summed E-state index contributed by atoms with van der Waals surface area (Å²) in [6.45, 7) is 1.36. The minimum Gasteiger partial charge on any atom is -0.480 e. The van der Waals surface area contributed by atoms with Crippen molar-refractivity contribution < 1.29 is 14.7 Å². The van der Waals surface area contributed by atoms with Crippen molar-refractivity contribution in [2.45, 2.75) is 13.0 Å². The van der Waals surface area contributed by atoms with E-state index in [0.29, 0.717) is 5.56 Å². The van der Waals surface area contributed by atoms with E-state index < -0.39 is 5.97 Å². The van der Waals surface area contributed by atoms with Gasteiger partial charge in [0.2, 0.25) is 0 Å². The Bertz CT molecular complexity index is 457. The van der Waals surface area contributed by atoms with Crippen LogP contribution < -0.4 is 10.6 Å². The van der Waals surface area contributed by atoms with Gasteiger partial charge in [-0.3, -0.25) is 9.59 Å². The molecule has 0 bridgehead atoms. The lowest BCUT2D eigenvalue weighted by molar-refractivity contribution is -0.135. The summed E-state index contributed by atoms with van der Waals surface area (Å²) in [5.74, 6) is -1.39. The number of amides is 1. The average molecular weight is 234 g/mol. The summed E-state index contributed by atoms with van der Waals surface area (Å²) < 4.78 is 0. The molecule has 3 N–H and O–H groups in total. The van der Waals surface area contributed by atoms with E-state index in [2.05, 4.69) is 10.6 Å². The van der Waals surface area contributed by atoms with E-state index in [4.69, 9.17) is 5.11 Å². The molecular formula is C12H14N2O3. The lowest BCUT2D eigenvalue weighted by Gasteiger charge is -2.17. The van der Waals surface area contributed by atoms with Gasteiger partial charge in [-0.25, -0.2) is 0 Å². The quantitative estimate of drug-likeness (QED) is 0.695. The van der Waals surface area contributed by atoms with Crippen LogP contribution >= 0.6 is 0 Å². The van der Waals surface area contributed by atoms with Crippen molar-refractivity contribution >= 4 is 11.9 Å². The Morgan fingerprint density at radius 2 is 2.18 bits per heavy atom. The number of fused-ring (bicyclic) bond motifs is 1. The molecular weight excluding hydrogens is 220 g/mol. The molecule has 0 atom stereocenters. The van der Waals surface area contributed by atoms with Gasteiger partial charge < -0.3 is 15.7 Å². The lowest BCUT2D eigenvalue weighted by atomic mass is 9.98. The molecule has 90 valence electrons. The van der Waals surface area contributed by atoms with Crippen LogP contribution in [0.4, 0.5) is 0 Å². The van der Waals surface area contributed by atoms with Gasteiger partial charge in [0.15, 0.2) is 0 Å². The van der Waals surface area contributed by atoms with E-state index in [1.165, 1.54) is 5.56 Å². The Hall–Kier alpha value is -1.88. The molecule has 0 spiro atoms. The summed E-state index contributed by atoms with van der Waals surface area (Å²) in [4.78, 5) is 22.0. The predicted octanol–water partition coefficient (Wildman–Crippen LogP) is 0.147. The molecule has 5 heteroatoms. The Kier molecular flexibility index (Phi) is 3.39. The van der Waals surface area contributed by atoms with Crippen molar-refractivity contribution in [2.24, 2.45) is 0 Å². The van der Waals surface area contributed by atoms with Gasteiger partial charge in [0.1, 0.15) is 6.54 Å². The molecule has 1 amide bonds. The summed E-state index contributed by atoms with van der Waals surface area (Å²) in [6.07, 6.45) is 0.965. The first-order valence-electron chi connectivity index (χ1n) is 5.49. The summed E-state index contributed by atoms with van der Waals surface area (Å²) >= 11 is 0. The zero-order valence-corrected chi connectivity index (χ0v) is 9.32. The first kappa shape index (κ1) is 11.6. The van der Waals surface area contributed by atoms with Gasteiger partial charge in [0.05, 0.1) is 0 Å². The van der Waals surface area contributed by atoms with Crippen molar-refractivity contribution in [1.82, 2.24) is 10.6 Å². The van der Waals surface area contributed by atoms with Gasteiger partial charge >= 0.3 is 5.97 Å². The Balaban J connectivity index is 2.11. The maximum absolute atomic E-state index is 11.6. The molecule has 0 saturated heterocycles. The van der Waals surface area contributed by atoms with Crippen molar-refractivity contribution in [2.75, 3.05) is 13.1 Å². The highest BCUT2D eigenvalue weighted by Crippen LogP contribution is 2.15. The second kappa shape index (κ2) is 4.97. The van der Waals surface area contributed by atoms with Crippen LogP contribution in [0.2, 0.25) is 0 Å². The third-order valence-electron chi connectivity index (χ3n) is 2.76. The molecule has 0 aromatic heterocycles. The number of hydrogen-bond acceptors (Lipinski definition) is 3. The Labute approximate surface area is 98.8 Å². The maximum Gasteiger partial charge on any atom is 0.322 e. The fourth-order valence-corrected chi connectivity index (χ4v) is 1.88. The smallest absolute Gasteiger partial charge is 0.322 e. The largest absolute Gasteiger partial charge is 0.480 e. The zero-order chi connectivity index (χ0) is 12.3.